The summed E-state index contributed by atoms with van der Waals surface area (Å²) in [7, 11) is 0. The van der Waals surface area contributed by atoms with Gasteiger partial charge in [-0.25, -0.2) is 4.31 Å². The molecular weight excluding hydrogens is 370 g/mol. The van der Waals surface area contributed by atoms with Crippen molar-refractivity contribution < 1.29 is 9.59 Å². The van der Waals surface area contributed by atoms with Gasteiger partial charge in [0.25, 0.3) is 0 Å². The summed E-state index contributed by atoms with van der Waals surface area (Å²) in [6.07, 6.45) is 1.81. The highest BCUT2D eigenvalue weighted by molar-refractivity contribution is 7.97. The molecule has 0 aliphatic carbocycles. The van der Waals surface area contributed by atoms with Crippen molar-refractivity contribution in [3.8, 4) is 0 Å². The van der Waals surface area contributed by atoms with E-state index in [1.165, 1.54) is 5.56 Å². The van der Waals surface area contributed by atoms with E-state index in [1.807, 2.05) is 42.5 Å². The molecule has 2 heterocycles. The van der Waals surface area contributed by atoms with Crippen LogP contribution >= 0.6 is 11.9 Å². The number of ketones is 1. The van der Waals surface area contributed by atoms with E-state index >= 15 is 0 Å². The molecule has 0 radical (unpaired) electrons. The first-order valence-electron chi connectivity index (χ1n) is 9.68. The van der Waals surface area contributed by atoms with Crippen molar-refractivity contribution in [1.82, 2.24) is 14.5 Å². The molecule has 0 unspecified atom stereocenters. The molecule has 6 heteroatoms. The van der Waals surface area contributed by atoms with Gasteiger partial charge < -0.3 is 5.32 Å². The van der Waals surface area contributed by atoms with Crippen molar-refractivity contribution in [2.45, 2.75) is 36.9 Å². The third kappa shape index (κ3) is 4.14. The van der Waals surface area contributed by atoms with Gasteiger partial charge in [-0.1, -0.05) is 42.5 Å². The highest BCUT2D eigenvalue weighted by Crippen LogP contribution is 2.35. The Balaban J connectivity index is 1.38. The Bertz CT molecular complexity index is 846. The van der Waals surface area contributed by atoms with Gasteiger partial charge in [0.05, 0.1) is 12.2 Å². The molecule has 2 saturated heterocycles. The number of nitrogens with one attached hydrogen (secondary N) is 1. The van der Waals surface area contributed by atoms with Crippen molar-refractivity contribution >= 4 is 23.6 Å². The zero-order valence-corrected chi connectivity index (χ0v) is 16.9. The highest BCUT2D eigenvalue weighted by atomic mass is 32.2. The fourth-order valence-corrected chi connectivity index (χ4v) is 4.92. The van der Waals surface area contributed by atoms with Crippen molar-refractivity contribution in [2.75, 3.05) is 19.6 Å². The molecule has 2 aliphatic heterocycles. The molecule has 2 aliphatic rings. The number of rotatable bonds is 5. The van der Waals surface area contributed by atoms with Crippen molar-refractivity contribution in [1.29, 1.82) is 0 Å². The Morgan fingerprint density at radius 3 is 2.39 bits per heavy atom. The summed E-state index contributed by atoms with van der Waals surface area (Å²) < 4.78 is 2.35. The lowest BCUT2D eigenvalue weighted by Gasteiger charge is -2.43. The van der Waals surface area contributed by atoms with Crippen LogP contribution in [0.1, 0.15) is 35.7 Å². The van der Waals surface area contributed by atoms with Crippen LogP contribution in [0.5, 0.6) is 0 Å². The largest absolute Gasteiger partial charge is 0.337 e. The lowest BCUT2D eigenvalue weighted by atomic mass is 9.97. The molecule has 146 valence electrons. The van der Waals surface area contributed by atoms with Gasteiger partial charge in [-0.3, -0.25) is 14.5 Å². The quantitative estimate of drug-likeness (QED) is 0.622. The average Bonchev–Trinajstić information content (AvgIpc) is 2.99. The van der Waals surface area contributed by atoms with Crippen molar-refractivity contribution in [3.05, 3.63) is 65.7 Å². The second kappa shape index (κ2) is 8.07. The van der Waals surface area contributed by atoms with Gasteiger partial charge in [0.2, 0.25) is 5.91 Å². The summed E-state index contributed by atoms with van der Waals surface area (Å²) in [6, 6.07) is 18.1. The fourth-order valence-electron chi connectivity index (χ4n) is 4.00. The number of piperidine rings is 1. The maximum Gasteiger partial charge on any atom is 0.235 e. The van der Waals surface area contributed by atoms with Gasteiger partial charge in [0, 0.05) is 30.1 Å². The number of carbonyl (C=O) groups is 2. The molecule has 1 amide bonds. The molecule has 1 spiro atoms. The van der Waals surface area contributed by atoms with Gasteiger partial charge in [-0.05, 0) is 49.4 Å². The summed E-state index contributed by atoms with van der Waals surface area (Å²) in [5, 5.41) is 3.26. The maximum absolute atomic E-state index is 12.2. The van der Waals surface area contributed by atoms with Crippen LogP contribution in [-0.2, 0) is 11.3 Å². The van der Waals surface area contributed by atoms with Crippen LogP contribution in [0.2, 0.25) is 0 Å². The highest BCUT2D eigenvalue weighted by Gasteiger charge is 2.46. The molecule has 0 saturated carbocycles. The summed E-state index contributed by atoms with van der Waals surface area (Å²) in [5.41, 5.74) is 1.75. The van der Waals surface area contributed by atoms with Crippen LogP contribution in [-0.4, -0.2) is 46.2 Å². The monoisotopic (exact) mass is 395 g/mol. The van der Waals surface area contributed by atoms with E-state index in [-0.39, 0.29) is 17.4 Å². The molecule has 0 aromatic heterocycles. The van der Waals surface area contributed by atoms with Crippen LogP contribution in [0.15, 0.2) is 59.5 Å². The number of hydrogen-bond acceptors (Lipinski definition) is 5. The predicted molar refractivity (Wildman–Crippen MR) is 111 cm³/mol. The second-order valence-corrected chi connectivity index (χ2v) is 8.69. The van der Waals surface area contributed by atoms with Crippen molar-refractivity contribution in [3.63, 3.8) is 0 Å². The van der Waals surface area contributed by atoms with Crippen LogP contribution in [0.3, 0.4) is 0 Å². The third-order valence-electron chi connectivity index (χ3n) is 5.57. The Labute approximate surface area is 170 Å². The SMILES string of the molecule is CC(=O)c1ccc(SN2CCC3(CC2)NC(=O)CN3Cc2ccccc2)cc1. The Morgan fingerprint density at radius 2 is 1.75 bits per heavy atom. The molecule has 1 N–H and O–H groups in total. The lowest BCUT2D eigenvalue weighted by molar-refractivity contribution is -0.119. The Hall–Kier alpha value is -2.15. The summed E-state index contributed by atoms with van der Waals surface area (Å²) >= 11 is 1.72. The topological polar surface area (TPSA) is 52.7 Å². The molecule has 2 aromatic rings. The molecule has 5 nitrogen and oxygen atoms in total. The predicted octanol–water partition coefficient (Wildman–Crippen LogP) is 3.32. The van der Waals surface area contributed by atoms with E-state index in [1.54, 1.807) is 18.9 Å². The van der Waals surface area contributed by atoms with Crippen LogP contribution in [0.25, 0.3) is 0 Å². The summed E-state index contributed by atoms with van der Waals surface area (Å²) in [6.45, 7) is 4.66. The van der Waals surface area contributed by atoms with E-state index in [0.717, 1.165) is 42.9 Å². The number of nitrogens with zero attached hydrogens (tertiary/aromatic N) is 2. The number of Topliss-reactive ketones (excluding diaryl/α,β-unsaturated/α-hetero) is 1. The number of carbonyl (C=O) groups excluding carboxylic acids is 2. The summed E-state index contributed by atoms with van der Waals surface area (Å²) in [5.74, 6) is 0.212. The molecule has 0 atom stereocenters. The number of benzene rings is 2. The molecule has 4 rings (SSSR count). The standard InChI is InChI=1S/C22H25N3O2S/c1-17(26)19-7-9-20(10-8-19)28-25-13-11-22(12-14-25)23-21(27)16-24(22)15-18-5-3-2-4-6-18/h2-10H,11-16H2,1H3,(H,23,27). The first kappa shape index (κ1) is 19.2. The van der Waals surface area contributed by atoms with E-state index < -0.39 is 0 Å². The fraction of sp³-hybridized carbons (Fsp3) is 0.364. The van der Waals surface area contributed by atoms with E-state index in [2.05, 4.69) is 26.7 Å². The zero-order chi connectivity index (χ0) is 19.6. The molecule has 2 aromatic carbocycles. The smallest absolute Gasteiger partial charge is 0.235 e. The zero-order valence-electron chi connectivity index (χ0n) is 16.1. The van der Waals surface area contributed by atoms with Crippen molar-refractivity contribution in [2.24, 2.45) is 0 Å². The first-order valence-corrected chi connectivity index (χ1v) is 10.5. The Kier molecular flexibility index (Phi) is 5.53. The third-order valence-corrected chi connectivity index (χ3v) is 6.68. The minimum Gasteiger partial charge on any atom is -0.337 e. The van der Waals surface area contributed by atoms with Crippen LogP contribution in [0.4, 0.5) is 0 Å². The van der Waals surface area contributed by atoms with Gasteiger partial charge in [-0.2, -0.15) is 0 Å². The average molecular weight is 396 g/mol. The molecular formula is C22H25N3O2S. The van der Waals surface area contributed by atoms with Crippen LogP contribution < -0.4 is 5.32 Å². The second-order valence-electron chi connectivity index (χ2n) is 7.52. The molecule has 0 bridgehead atoms. The van der Waals surface area contributed by atoms with Gasteiger partial charge in [0.1, 0.15) is 0 Å². The number of amides is 1. The van der Waals surface area contributed by atoms with Gasteiger partial charge in [0.15, 0.2) is 5.78 Å². The lowest BCUT2D eigenvalue weighted by Crippen LogP contribution is -2.57. The van der Waals surface area contributed by atoms with Gasteiger partial charge >= 0.3 is 0 Å². The first-order chi connectivity index (χ1) is 13.5. The molecule has 28 heavy (non-hydrogen) atoms. The van der Waals surface area contributed by atoms with E-state index in [4.69, 9.17) is 0 Å². The maximum atomic E-state index is 12.2. The number of hydrogen-bond donors (Lipinski definition) is 1. The normalized spacial score (nSPS) is 19.7. The summed E-state index contributed by atoms with van der Waals surface area (Å²) in [4.78, 5) is 27.0. The molecule has 2 fully saturated rings. The van der Waals surface area contributed by atoms with E-state index in [0.29, 0.717) is 6.54 Å². The minimum atomic E-state index is -0.234. The minimum absolute atomic E-state index is 0.0898. The van der Waals surface area contributed by atoms with E-state index in [9.17, 15) is 9.59 Å². The Morgan fingerprint density at radius 1 is 1.07 bits per heavy atom. The van der Waals surface area contributed by atoms with Crippen LogP contribution in [0, 0.1) is 0 Å². The van der Waals surface area contributed by atoms with Gasteiger partial charge in [-0.15, -0.1) is 0 Å².